The summed E-state index contributed by atoms with van der Waals surface area (Å²) in [4.78, 5) is 0. The molecule has 0 unspecified atom stereocenters. The van der Waals surface area contributed by atoms with Gasteiger partial charge in [0.1, 0.15) is 0 Å². The Morgan fingerprint density at radius 2 is 1.93 bits per heavy atom. The van der Waals surface area contributed by atoms with E-state index in [0.717, 1.165) is 6.07 Å². The summed E-state index contributed by atoms with van der Waals surface area (Å²) in [6.45, 7) is 0. The van der Waals surface area contributed by atoms with Crippen LogP contribution in [0.25, 0.3) is 6.08 Å². The third-order valence-electron chi connectivity index (χ3n) is 1.71. The summed E-state index contributed by atoms with van der Waals surface area (Å²) >= 11 is 11.0. The van der Waals surface area contributed by atoms with E-state index in [1.807, 2.05) is 0 Å². The average molecular weight is 255 g/mol. The largest absolute Gasteiger partial charge is 0.416 e. The molecule has 0 fully saturated rings. The molecule has 0 aliphatic rings. The quantitative estimate of drug-likeness (QED) is 0.677. The number of halogens is 5. The molecule has 0 bridgehead atoms. The minimum atomic E-state index is -4.38. The van der Waals surface area contributed by atoms with Crippen LogP contribution in [0.5, 0.6) is 0 Å². The third kappa shape index (κ3) is 3.43. The van der Waals surface area contributed by atoms with Crippen LogP contribution < -0.4 is 0 Å². The molecule has 0 N–H and O–H groups in total. The summed E-state index contributed by atoms with van der Waals surface area (Å²) in [7, 11) is 0. The zero-order valence-corrected chi connectivity index (χ0v) is 9.00. The highest BCUT2D eigenvalue weighted by molar-refractivity contribution is 6.30. The summed E-state index contributed by atoms with van der Waals surface area (Å²) in [5.41, 5.74) is -0.691. The van der Waals surface area contributed by atoms with Gasteiger partial charge in [0.05, 0.1) is 5.56 Å². The molecule has 15 heavy (non-hydrogen) atoms. The second kappa shape index (κ2) is 4.90. The molecule has 0 radical (unpaired) electrons. The van der Waals surface area contributed by atoms with Gasteiger partial charge in [0.15, 0.2) is 0 Å². The standard InChI is InChI=1S/C10H7Cl2F3/c11-5-1-2-7-6-8(12)3-4-9(7)10(13,14)15/h1-4,6H,5H2. The fourth-order valence-corrected chi connectivity index (χ4v) is 1.37. The Bertz CT molecular complexity index is 369. The van der Waals surface area contributed by atoms with Crippen molar-refractivity contribution in [1.29, 1.82) is 0 Å². The Balaban J connectivity index is 3.21. The van der Waals surface area contributed by atoms with Gasteiger partial charge >= 0.3 is 6.18 Å². The second-order valence-corrected chi connectivity index (χ2v) is 3.53. The normalized spacial score (nSPS) is 12.3. The van der Waals surface area contributed by atoms with Crippen LogP contribution >= 0.6 is 23.2 Å². The molecule has 0 nitrogen and oxygen atoms in total. The first-order valence-corrected chi connectivity index (χ1v) is 4.95. The van der Waals surface area contributed by atoms with Crippen molar-refractivity contribution >= 4 is 29.3 Å². The van der Waals surface area contributed by atoms with Crippen molar-refractivity contribution in [2.45, 2.75) is 6.18 Å². The smallest absolute Gasteiger partial charge is 0.166 e. The van der Waals surface area contributed by atoms with Crippen LogP contribution in [-0.2, 0) is 6.18 Å². The predicted octanol–water partition coefficient (Wildman–Crippen LogP) is 4.61. The molecule has 0 aliphatic carbocycles. The van der Waals surface area contributed by atoms with Crippen LogP contribution in [0.1, 0.15) is 11.1 Å². The Hall–Kier alpha value is -0.670. The summed E-state index contributed by atoms with van der Waals surface area (Å²) < 4.78 is 37.5. The van der Waals surface area contributed by atoms with E-state index in [-0.39, 0.29) is 16.5 Å². The minimum absolute atomic E-state index is 0.0238. The van der Waals surface area contributed by atoms with Crippen LogP contribution in [0.15, 0.2) is 24.3 Å². The topological polar surface area (TPSA) is 0 Å². The number of hydrogen-bond acceptors (Lipinski definition) is 0. The van der Waals surface area contributed by atoms with E-state index in [2.05, 4.69) is 0 Å². The van der Waals surface area contributed by atoms with E-state index in [4.69, 9.17) is 23.2 Å². The molecule has 82 valence electrons. The summed E-state index contributed by atoms with van der Waals surface area (Å²) in [6, 6.07) is 3.42. The van der Waals surface area contributed by atoms with Gasteiger partial charge in [-0.15, -0.1) is 11.6 Å². The third-order valence-corrected chi connectivity index (χ3v) is 2.12. The van der Waals surface area contributed by atoms with Gasteiger partial charge in [0.2, 0.25) is 0 Å². The molecule has 0 aromatic heterocycles. The van der Waals surface area contributed by atoms with Crippen LogP contribution in [0.4, 0.5) is 13.2 Å². The lowest BCUT2D eigenvalue weighted by atomic mass is 10.1. The summed E-state index contributed by atoms with van der Waals surface area (Å²) in [6.07, 6.45) is -1.64. The van der Waals surface area contributed by atoms with Gasteiger partial charge in [-0.1, -0.05) is 23.8 Å². The zero-order chi connectivity index (χ0) is 11.5. The van der Waals surface area contributed by atoms with Gasteiger partial charge in [-0.2, -0.15) is 13.2 Å². The molecular formula is C10H7Cl2F3. The highest BCUT2D eigenvalue weighted by Crippen LogP contribution is 2.33. The highest BCUT2D eigenvalue weighted by atomic mass is 35.5. The van der Waals surface area contributed by atoms with Crippen molar-refractivity contribution < 1.29 is 13.2 Å². The van der Waals surface area contributed by atoms with E-state index in [9.17, 15) is 13.2 Å². The van der Waals surface area contributed by atoms with Crippen molar-refractivity contribution in [3.8, 4) is 0 Å². The molecule has 5 heteroatoms. The predicted molar refractivity (Wildman–Crippen MR) is 56.2 cm³/mol. The van der Waals surface area contributed by atoms with E-state index in [1.165, 1.54) is 24.3 Å². The number of allylic oxidation sites excluding steroid dienone is 1. The lowest BCUT2D eigenvalue weighted by molar-refractivity contribution is -0.137. The molecule has 1 rings (SSSR count). The minimum Gasteiger partial charge on any atom is -0.166 e. The molecule has 1 aromatic rings. The average Bonchev–Trinajstić information content (AvgIpc) is 2.12. The fraction of sp³-hybridized carbons (Fsp3) is 0.200. The maximum Gasteiger partial charge on any atom is 0.416 e. The first-order chi connectivity index (χ1) is 6.95. The maximum atomic E-state index is 12.5. The van der Waals surface area contributed by atoms with Gasteiger partial charge in [-0.25, -0.2) is 0 Å². The SMILES string of the molecule is FC(F)(F)c1ccc(Cl)cc1C=CCCl. The van der Waals surface area contributed by atoms with Gasteiger partial charge in [0.25, 0.3) is 0 Å². The lowest BCUT2D eigenvalue weighted by Gasteiger charge is -2.10. The summed E-state index contributed by atoms with van der Waals surface area (Å²) in [5, 5.41) is 0.261. The molecule has 1 aromatic carbocycles. The van der Waals surface area contributed by atoms with Gasteiger partial charge < -0.3 is 0 Å². The molecule has 0 heterocycles. The number of alkyl halides is 4. The Kier molecular flexibility index (Phi) is 4.05. The first kappa shape index (κ1) is 12.4. The number of rotatable bonds is 2. The Morgan fingerprint density at radius 1 is 1.27 bits per heavy atom. The van der Waals surface area contributed by atoms with E-state index < -0.39 is 11.7 Å². The molecular weight excluding hydrogens is 248 g/mol. The van der Waals surface area contributed by atoms with Gasteiger partial charge in [-0.3, -0.25) is 0 Å². The molecule has 0 atom stereocenters. The molecule has 0 amide bonds. The van der Waals surface area contributed by atoms with E-state index in [1.54, 1.807) is 0 Å². The Morgan fingerprint density at radius 3 is 2.47 bits per heavy atom. The Labute approximate surface area is 95.3 Å². The van der Waals surface area contributed by atoms with Crippen molar-refractivity contribution in [3.05, 3.63) is 40.4 Å². The van der Waals surface area contributed by atoms with Crippen molar-refractivity contribution in [3.63, 3.8) is 0 Å². The summed E-state index contributed by atoms with van der Waals surface area (Å²) in [5.74, 6) is 0.157. The van der Waals surface area contributed by atoms with Crippen LogP contribution in [0.3, 0.4) is 0 Å². The maximum absolute atomic E-state index is 12.5. The molecule has 0 saturated carbocycles. The highest BCUT2D eigenvalue weighted by Gasteiger charge is 2.32. The van der Waals surface area contributed by atoms with E-state index >= 15 is 0 Å². The van der Waals surface area contributed by atoms with Crippen molar-refractivity contribution in [2.24, 2.45) is 0 Å². The lowest BCUT2D eigenvalue weighted by Crippen LogP contribution is -2.07. The van der Waals surface area contributed by atoms with Crippen molar-refractivity contribution in [2.75, 3.05) is 5.88 Å². The van der Waals surface area contributed by atoms with Gasteiger partial charge in [-0.05, 0) is 23.8 Å². The van der Waals surface area contributed by atoms with Crippen molar-refractivity contribution in [1.82, 2.24) is 0 Å². The molecule has 0 spiro atoms. The zero-order valence-electron chi connectivity index (χ0n) is 7.48. The number of benzene rings is 1. The van der Waals surface area contributed by atoms with Crippen LogP contribution in [-0.4, -0.2) is 5.88 Å². The first-order valence-electron chi connectivity index (χ1n) is 4.04. The monoisotopic (exact) mass is 254 g/mol. The molecule has 0 saturated heterocycles. The van der Waals surface area contributed by atoms with Crippen LogP contribution in [0.2, 0.25) is 5.02 Å². The molecule has 0 aliphatic heterocycles. The second-order valence-electron chi connectivity index (χ2n) is 2.79. The van der Waals surface area contributed by atoms with Crippen LogP contribution in [0, 0.1) is 0 Å². The van der Waals surface area contributed by atoms with Gasteiger partial charge in [0, 0.05) is 10.9 Å². The number of hydrogen-bond donors (Lipinski definition) is 0. The van der Waals surface area contributed by atoms with E-state index in [0.29, 0.717) is 0 Å². The fourth-order valence-electron chi connectivity index (χ4n) is 1.10.